The van der Waals surface area contributed by atoms with E-state index >= 15 is 0 Å². The van der Waals surface area contributed by atoms with E-state index in [1.807, 2.05) is 25.1 Å². The van der Waals surface area contributed by atoms with Crippen molar-refractivity contribution >= 4 is 10.0 Å². The van der Waals surface area contributed by atoms with Crippen molar-refractivity contribution in [3.63, 3.8) is 0 Å². The molecule has 2 N–H and O–H groups in total. The summed E-state index contributed by atoms with van der Waals surface area (Å²) in [5.74, 6) is 0.877. The number of sulfonamides is 1. The molecule has 0 saturated heterocycles. The average Bonchev–Trinajstić information content (AvgIpc) is 2.35. The Kier molecular flexibility index (Phi) is 5.58. The first-order valence-electron chi connectivity index (χ1n) is 5.74. The Balaban J connectivity index is 2.51. The number of hydrogen-bond acceptors (Lipinski definition) is 4. The van der Waals surface area contributed by atoms with Crippen molar-refractivity contribution in [2.75, 3.05) is 26.5 Å². The largest absolute Gasteiger partial charge is 0.496 e. The first-order valence-corrected chi connectivity index (χ1v) is 7.39. The zero-order valence-electron chi connectivity index (χ0n) is 11.0. The average molecular weight is 272 g/mol. The van der Waals surface area contributed by atoms with Gasteiger partial charge in [-0.1, -0.05) is 17.7 Å². The summed E-state index contributed by atoms with van der Waals surface area (Å²) in [4.78, 5) is 0. The van der Waals surface area contributed by atoms with E-state index in [4.69, 9.17) is 4.74 Å². The van der Waals surface area contributed by atoms with Gasteiger partial charge in [0.15, 0.2) is 0 Å². The lowest BCUT2D eigenvalue weighted by molar-refractivity contribution is 0.408. The molecule has 0 aromatic heterocycles. The summed E-state index contributed by atoms with van der Waals surface area (Å²) in [7, 11) is -0.101. The van der Waals surface area contributed by atoms with Gasteiger partial charge in [0.1, 0.15) is 5.75 Å². The number of benzene rings is 1. The van der Waals surface area contributed by atoms with Crippen molar-refractivity contribution in [3.05, 3.63) is 29.3 Å². The van der Waals surface area contributed by atoms with E-state index in [1.165, 1.54) is 7.05 Å². The third-order valence-corrected chi connectivity index (χ3v) is 3.97. The van der Waals surface area contributed by atoms with Crippen LogP contribution < -0.4 is 14.8 Å². The second-order valence-electron chi connectivity index (χ2n) is 4.02. The SMILES string of the molecule is CNS(=O)(=O)CCNCc1cc(C)ccc1OC. The predicted octanol–water partition coefficient (Wildman–Crippen LogP) is 0.642. The highest BCUT2D eigenvalue weighted by Crippen LogP contribution is 2.19. The van der Waals surface area contributed by atoms with Crippen LogP contribution in [0.25, 0.3) is 0 Å². The zero-order valence-corrected chi connectivity index (χ0v) is 11.8. The maximum absolute atomic E-state index is 11.2. The molecule has 0 fully saturated rings. The lowest BCUT2D eigenvalue weighted by atomic mass is 10.1. The number of aryl methyl sites for hydroxylation is 1. The van der Waals surface area contributed by atoms with Crippen LogP contribution >= 0.6 is 0 Å². The highest BCUT2D eigenvalue weighted by Gasteiger charge is 2.07. The lowest BCUT2D eigenvalue weighted by Crippen LogP contribution is -2.29. The third-order valence-electron chi connectivity index (χ3n) is 2.61. The molecule has 1 aromatic rings. The molecule has 0 bridgehead atoms. The Morgan fingerprint density at radius 1 is 1.33 bits per heavy atom. The van der Waals surface area contributed by atoms with Crippen molar-refractivity contribution in [2.24, 2.45) is 0 Å². The van der Waals surface area contributed by atoms with Crippen molar-refractivity contribution in [1.82, 2.24) is 10.0 Å². The molecule has 18 heavy (non-hydrogen) atoms. The molecule has 0 aliphatic carbocycles. The molecule has 0 saturated carbocycles. The van der Waals surface area contributed by atoms with E-state index in [-0.39, 0.29) is 5.75 Å². The molecule has 102 valence electrons. The van der Waals surface area contributed by atoms with Gasteiger partial charge in [0, 0.05) is 18.7 Å². The molecule has 0 radical (unpaired) electrons. The Hall–Kier alpha value is -1.11. The van der Waals surface area contributed by atoms with Crippen LogP contribution in [0.4, 0.5) is 0 Å². The molecule has 1 aromatic carbocycles. The van der Waals surface area contributed by atoms with Crippen molar-refractivity contribution < 1.29 is 13.2 Å². The summed E-state index contributed by atoms with van der Waals surface area (Å²) < 4.78 is 30.0. The number of ether oxygens (including phenoxy) is 1. The molecule has 6 heteroatoms. The minimum atomic E-state index is -3.14. The van der Waals surface area contributed by atoms with Gasteiger partial charge in [0.25, 0.3) is 0 Å². The summed E-state index contributed by atoms with van der Waals surface area (Å²) in [6.07, 6.45) is 0. The summed E-state index contributed by atoms with van der Waals surface area (Å²) in [5, 5.41) is 3.09. The number of rotatable bonds is 7. The second-order valence-corrected chi connectivity index (χ2v) is 6.06. The Labute approximate surface area is 109 Å². The smallest absolute Gasteiger partial charge is 0.212 e. The molecule has 0 atom stereocenters. The monoisotopic (exact) mass is 272 g/mol. The molecule has 0 aliphatic heterocycles. The van der Waals surface area contributed by atoms with Gasteiger partial charge < -0.3 is 10.1 Å². The number of nitrogens with one attached hydrogen (secondary N) is 2. The van der Waals surface area contributed by atoms with Crippen LogP contribution in [0.3, 0.4) is 0 Å². The summed E-state index contributed by atoms with van der Waals surface area (Å²) in [6, 6.07) is 5.92. The van der Waals surface area contributed by atoms with Crippen molar-refractivity contribution in [1.29, 1.82) is 0 Å². The van der Waals surface area contributed by atoms with Crippen molar-refractivity contribution in [3.8, 4) is 5.75 Å². The van der Waals surface area contributed by atoms with Gasteiger partial charge in [-0.25, -0.2) is 13.1 Å². The topological polar surface area (TPSA) is 67.4 Å². The normalized spacial score (nSPS) is 11.5. The molecule has 5 nitrogen and oxygen atoms in total. The van der Waals surface area contributed by atoms with Crippen LogP contribution in [0.1, 0.15) is 11.1 Å². The van der Waals surface area contributed by atoms with E-state index in [9.17, 15) is 8.42 Å². The van der Waals surface area contributed by atoms with Crippen LogP contribution in [0, 0.1) is 6.92 Å². The Bertz CT molecular complexity index is 486. The number of methoxy groups -OCH3 is 1. The van der Waals surface area contributed by atoms with Crippen LogP contribution in [-0.2, 0) is 16.6 Å². The molecule has 1 rings (SSSR count). The van der Waals surface area contributed by atoms with E-state index in [0.29, 0.717) is 13.1 Å². The fraction of sp³-hybridized carbons (Fsp3) is 0.500. The first kappa shape index (κ1) is 14.9. The molecule has 0 amide bonds. The molecule has 0 spiro atoms. The van der Waals surface area contributed by atoms with Gasteiger partial charge in [0.05, 0.1) is 12.9 Å². The van der Waals surface area contributed by atoms with Crippen LogP contribution in [0.2, 0.25) is 0 Å². The minimum absolute atomic E-state index is 0.0671. The van der Waals surface area contributed by atoms with Gasteiger partial charge in [-0.3, -0.25) is 0 Å². The Morgan fingerprint density at radius 3 is 2.67 bits per heavy atom. The summed E-state index contributed by atoms with van der Waals surface area (Å²) in [6.45, 7) is 3.00. The van der Waals surface area contributed by atoms with Gasteiger partial charge in [-0.2, -0.15) is 0 Å². The van der Waals surface area contributed by atoms with Crippen molar-refractivity contribution in [2.45, 2.75) is 13.5 Å². The Morgan fingerprint density at radius 2 is 2.06 bits per heavy atom. The first-order chi connectivity index (χ1) is 8.48. The highest BCUT2D eigenvalue weighted by molar-refractivity contribution is 7.89. The minimum Gasteiger partial charge on any atom is -0.496 e. The fourth-order valence-electron chi connectivity index (χ4n) is 1.58. The van der Waals surface area contributed by atoms with Gasteiger partial charge in [-0.15, -0.1) is 0 Å². The summed E-state index contributed by atoms with van der Waals surface area (Å²) >= 11 is 0. The van der Waals surface area contributed by atoms with Gasteiger partial charge in [-0.05, 0) is 20.0 Å². The van der Waals surface area contributed by atoms with E-state index < -0.39 is 10.0 Å². The lowest BCUT2D eigenvalue weighted by Gasteiger charge is -2.10. The molecular weight excluding hydrogens is 252 g/mol. The van der Waals surface area contributed by atoms with Gasteiger partial charge >= 0.3 is 0 Å². The van der Waals surface area contributed by atoms with E-state index in [0.717, 1.165) is 16.9 Å². The quantitative estimate of drug-likeness (QED) is 0.715. The fourth-order valence-corrected chi connectivity index (χ4v) is 2.19. The standard InChI is InChI=1S/C12H20N2O3S/c1-10-4-5-12(17-3)11(8-10)9-14-6-7-18(15,16)13-2/h4-5,8,13-14H,6-7,9H2,1-3H3. The molecule has 0 unspecified atom stereocenters. The highest BCUT2D eigenvalue weighted by atomic mass is 32.2. The van der Waals surface area contributed by atoms with Crippen LogP contribution in [-0.4, -0.2) is 34.9 Å². The van der Waals surface area contributed by atoms with Gasteiger partial charge in [0.2, 0.25) is 10.0 Å². The third kappa shape index (κ3) is 4.64. The van der Waals surface area contributed by atoms with Crippen LogP contribution in [0.5, 0.6) is 5.75 Å². The summed E-state index contributed by atoms with van der Waals surface area (Å²) in [5.41, 5.74) is 2.18. The van der Waals surface area contributed by atoms with E-state index in [2.05, 4.69) is 10.0 Å². The van der Waals surface area contributed by atoms with Crippen LogP contribution in [0.15, 0.2) is 18.2 Å². The second kappa shape index (κ2) is 6.72. The molecule has 0 aliphatic rings. The van der Waals surface area contributed by atoms with E-state index in [1.54, 1.807) is 7.11 Å². The molecule has 0 heterocycles. The maximum atomic E-state index is 11.2. The predicted molar refractivity (Wildman–Crippen MR) is 72.3 cm³/mol. The maximum Gasteiger partial charge on any atom is 0.212 e. The zero-order chi connectivity index (χ0) is 13.6. The molecular formula is C12H20N2O3S. The number of hydrogen-bond donors (Lipinski definition) is 2.